The van der Waals surface area contributed by atoms with Gasteiger partial charge in [0.2, 0.25) is 5.91 Å². The van der Waals surface area contributed by atoms with Crippen molar-refractivity contribution in [2.24, 2.45) is 5.92 Å². The molecule has 0 aromatic carbocycles. The van der Waals surface area contributed by atoms with Gasteiger partial charge >= 0.3 is 0 Å². The Morgan fingerprint density at radius 1 is 1.41 bits per heavy atom. The summed E-state index contributed by atoms with van der Waals surface area (Å²) in [4.78, 5) is 14.4. The van der Waals surface area contributed by atoms with Gasteiger partial charge in [-0.15, -0.1) is 0 Å². The second-order valence-corrected chi connectivity index (χ2v) is 7.61. The van der Waals surface area contributed by atoms with Crippen molar-refractivity contribution in [2.75, 3.05) is 13.1 Å². The van der Waals surface area contributed by atoms with Crippen molar-refractivity contribution >= 4 is 5.91 Å². The highest BCUT2D eigenvalue weighted by molar-refractivity contribution is 5.78. The fourth-order valence-corrected chi connectivity index (χ4v) is 3.83. The van der Waals surface area contributed by atoms with Crippen molar-refractivity contribution < 1.29 is 14.1 Å². The zero-order valence-corrected chi connectivity index (χ0v) is 14.0. The predicted molar refractivity (Wildman–Crippen MR) is 82.4 cm³/mol. The van der Waals surface area contributed by atoms with E-state index in [-0.39, 0.29) is 17.1 Å². The van der Waals surface area contributed by atoms with E-state index < -0.39 is 0 Å². The van der Waals surface area contributed by atoms with E-state index in [1.807, 2.05) is 17.9 Å². The zero-order chi connectivity index (χ0) is 16.0. The van der Waals surface area contributed by atoms with Crippen LogP contribution in [0.4, 0.5) is 0 Å². The van der Waals surface area contributed by atoms with Gasteiger partial charge < -0.3 is 14.2 Å². The normalized spacial score (nSPS) is 30.9. The number of piperidine rings is 1. The van der Waals surface area contributed by atoms with Crippen LogP contribution in [0.3, 0.4) is 0 Å². The van der Waals surface area contributed by atoms with E-state index in [9.17, 15) is 4.79 Å². The number of hydrogen-bond donors (Lipinski definition) is 0. The van der Waals surface area contributed by atoms with Gasteiger partial charge in [0.05, 0.1) is 23.3 Å². The quantitative estimate of drug-likeness (QED) is 0.843. The Labute approximate surface area is 132 Å². The molecule has 2 aliphatic rings. The highest BCUT2D eigenvalue weighted by Gasteiger charge is 2.47. The molecule has 0 radical (unpaired) electrons. The number of fused-ring (bicyclic) bond motifs is 1. The summed E-state index contributed by atoms with van der Waals surface area (Å²) in [5.41, 5.74) is 0.674. The molecule has 0 spiro atoms. The Bertz CT molecular complexity index is 566. The summed E-state index contributed by atoms with van der Waals surface area (Å²) >= 11 is 0. The van der Waals surface area contributed by atoms with Crippen LogP contribution in [0.25, 0.3) is 0 Å². The standard InChI is InChI=1S/C17H26N2O3/c1-12-9-14(21-18-12)10-15(20)19-8-7-17(4)13(11-19)5-6-16(2,3)22-17/h9,13H,5-8,10-11H2,1-4H3/t13-,17+/m0/s1. The molecule has 5 heteroatoms. The number of rotatable bonds is 2. The second-order valence-electron chi connectivity index (χ2n) is 7.61. The first-order chi connectivity index (χ1) is 10.3. The largest absolute Gasteiger partial charge is 0.369 e. The lowest BCUT2D eigenvalue weighted by atomic mass is 9.74. The molecule has 2 aliphatic heterocycles. The van der Waals surface area contributed by atoms with Crippen LogP contribution < -0.4 is 0 Å². The highest BCUT2D eigenvalue weighted by atomic mass is 16.5. The number of aromatic nitrogens is 1. The third-order valence-electron chi connectivity index (χ3n) is 5.14. The molecule has 3 rings (SSSR count). The zero-order valence-electron chi connectivity index (χ0n) is 14.0. The van der Waals surface area contributed by atoms with Crippen molar-refractivity contribution in [1.82, 2.24) is 10.1 Å². The maximum atomic E-state index is 12.5. The average Bonchev–Trinajstić information content (AvgIpc) is 2.81. The Morgan fingerprint density at radius 2 is 2.18 bits per heavy atom. The van der Waals surface area contributed by atoms with Crippen LogP contribution in [0.15, 0.2) is 10.6 Å². The summed E-state index contributed by atoms with van der Waals surface area (Å²) in [5, 5.41) is 3.84. The topological polar surface area (TPSA) is 55.6 Å². The molecule has 22 heavy (non-hydrogen) atoms. The molecule has 5 nitrogen and oxygen atoms in total. The minimum atomic E-state index is -0.0959. The third kappa shape index (κ3) is 3.05. The lowest BCUT2D eigenvalue weighted by Crippen LogP contribution is -2.58. The molecule has 0 saturated carbocycles. The first kappa shape index (κ1) is 15.5. The number of aryl methyl sites for hydroxylation is 1. The van der Waals surface area contributed by atoms with E-state index in [1.165, 1.54) is 0 Å². The molecule has 2 saturated heterocycles. The van der Waals surface area contributed by atoms with Crippen LogP contribution in [-0.2, 0) is 16.0 Å². The summed E-state index contributed by atoms with van der Waals surface area (Å²) in [6.07, 6.45) is 3.38. The van der Waals surface area contributed by atoms with Crippen molar-refractivity contribution in [2.45, 2.75) is 64.6 Å². The predicted octanol–water partition coefficient (Wildman–Crippen LogP) is 2.72. The number of nitrogens with zero attached hydrogens (tertiary/aromatic N) is 2. The fourth-order valence-electron chi connectivity index (χ4n) is 3.83. The Balaban J connectivity index is 1.63. The molecule has 2 atom stereocenters. The summed E-state index contributed by atoms with van der Waals surface area (Å²) in [7, 11) is 0. The molecule has 1 aromatic heterocycles. The lowest BCUT2D eigenvalue weighted by Gasteiger charge is -2.53. The van der Waals surface area contributed by atoms with E-state index in [4.69, 9.17) is 9.26 Å². The molecule has 1 amide bonds. The van der Waals surface area contributed by atoms with Crippen molar-refractivity contribution in [3.05, 3.63) is 17.5 Å². The molecule has 3 heterocycles. The minimum Gasteiger partial charge on any atom is -0.369 e. The van der Waals surface area contributed by atoms with Crippen molar-refractivity contribution in [1.29, 1.82) is 0 Å². The van der Waals surface area contributed by atoms with Gasteiger partial charge in [0.1, 0.15) is 5.76 Å². The average molecular weight is 306 g/mol. The van der Waals surface area contributed by atoms with E-state index >= 15 is 0 Å². The number of hydrogen-bond acceptors (Lipinski definition) is 4. The molecule has 0 N–H and O–H groups in total. The van der Waals surface area contributed by atoms with Crippen LogP contribution in [0, 0.1) is 12.8 Å². The Kier molecular flexibility index (Phi) is 3.79. The summed E-state index contributed by atoms with van der Waals surface area (Å²) in [6.45, 7) is 9.95. The van der Waals surface area contributed by atoms with Crippen LogP contribution >= 0.6 is 0 Å². The van der Waals surface area contributed by atoms with Crippen LogP contribution in [0.2, 0.25) is 0 Å². The third-order valence-corrected chi connectivity index (χ3v) is 5.14. The Morgan fingerprint density at radius 3 is 2.86 bits per heavy atom. The molecular weight excluding hydrogens is 280 g/mol. The molecule has 0 aliphatic carbocycles. The molecule has 2 fully saturated rings. The van der Waals surface area contributed by atoms with Gasteiger partial charge in [-0.05, 0) is 47.0 Å². The number of likely N-dealkylation sites (tertiary alicyclic amines) is 1. The molecule has 0 bridgehead atoms. The molecule has 1 aromatic rings. The molecule has 0 unspecified atom stereocenters. The van der Waals surface area contributed by atoms with Gasteiger partial charge in [0, 0.05) is 25.1 Å². The minimum absolute atomic E-state index is 0.0468. The van der Waals surface area contributed by atoms with Gasteiger partial charge in [0.15, 0.2) is 0 Å². The maximum Gasteiger partial charge on any atom is 0.230 e. The fraction of sp³-hybridized carbons (Fsp3) is 0.765. The van der Waals surface area contributed by atoms with Gasteiger partial charge in [-0.25, -0.2) is 0 Å². The van der Waals surface area contributed by atoms with Gasteiger partial charge in [-0.3, -0.25) is 4.79 Å². The summed E-state index contributed by atoms with van der Waals surface area (Å²) in [5.74, 6) is 1.20. The first-order valence-electron chi connectivity index (χ1n) is 8.18. The van der Waals surface area contributed by atoms with Gasteiger partial charge in [-0.1, -0.05) is 5.16 Å². The smallest absolute Gasteiger partial charge is 0.230 e. The Hall–Kier alpha value is -1.36. The monoisotopic (exact) mass is 306 g/mol. The maximum absolute atomic E-state index is 12.5. The van der Waals surface area contributed by atoms with Crippen LogP contribution in [-0.4, -0.2) is 40.3 Å². The number of amides is 1. The summed E-state index contributed by atoms with van der Waals surface area (Å²) in [6, 6.07) is 1.83. The lowest BCUT2D eigenvalue weighted by molar-refractivity contribution is -0.214. The van der Waals surface area contributed by atoms with Crippen LogP contribution in [0.1, 0.15) is 51.5 Å². The van der Waals surface area contributed by atoms with Crippen LogP contribution in [0.5, 0.6) is 0 Å². The van der Waals surface area contributed by atoms with E-state index in [0.29, 0.717) is 18.1 Å². The second kappa shape index (κ2) is 5.37. The van der Waals surface area contributed by atoms with Gasteiger partial charge in [-0.2, -0.15) is 0 Å². The number of ether oxygens (including phenoxy) is 1. The van der Waals surface area contributed by atoms with E-state index in [2.05, 4.69) is 25.9 Å². The highest BCUT2D eigenvalue weighted by Crippen LogP contribution is 2.43. The van der Waals surface area contributed by atoms with E-state index in [0.717, 1.165) is 38.0 Å². The van der Waals surface area contributed by atoms with Crippen molar-refractivity contribution in [3.63, 3.8) is 0 Å². The van der Waals surface area contributed by atoms with Crippen molar-refractivity contribution in [3.8, 4) is 0 Å². The number of carbonyl (C=O) groups excluding carboxylic acids is 1. The first-order valence-corrected chi connectivity index (χ1v) is 8.18. The molecular formula is C17H26N2O3. The van der Waals surface area contributed by atoms with Gasteiger partial charge in [0.25, 0.3) is 0 Å². The number of carbonyl (C=O) groups is 1. The molecule has 122 valence electrons. The SMILES string of the molecule is Cc1cc(CC(=O)N2CC[C@@]3(C)OC(C)(C)CC[C@H]3C2)on1. The van der Waals surface area contributed by atoms with E-state index in [1.54, 1.807) is 0 Å². The summed E-state index contributed by atoms with van der Waals surface area (Å²) < 4.78 is 11.5.